The highest BCUT2D eigenvalue weighted by atomic mass is 32.2. The molecule has 0 radical (unpaired) electrons. The van der Waals surface area contributed by atoms with Crippen LogP contribution in [-0.2, 0) is 9.84 Å². The standard InChI is InChI=1S/C20H22N2O4S/c1-27(25,26)18-9-5-8-16(14-18)20(24)22-12-10-17(11-13-22)21-19(23)15-6-3-2-4-7-15/h2-9,14,17H,10-13H2,1H3,(H,21,23). The smallest absolute Gasteiger partial charge is 0.253 e. The Balaban J connectivity index is 1.59. The van der Waals surface area contributed by atoms with Gasteiger partial charge in [-0.3, -0.25) is 9.59 Å². The second kappa shape index (κ2) is 7.92. The molecule has 27 heavy (non-hydrogen) atoms. The Morgan fingerprint density at radius 3 is 2.22 bits per heavy atom. The third-order valence-electron chi connectivity index (χ3n) is 4.66. The van der Waals surface area contributed by atoms with Crippen LogP contribution in [0, 0.1) is 0 Å². The first-order valence-electron chi connectivity index (χ1n) is 8.80. The predicted molar refractivity (Wildman–Crippen MR) is 102 cm³/mol. The molecule has 0 saturated carbocycles. The lowest BCUT2D eigenvalue weighted by molar-refractivity contribution is 0.0698. The number of nitrogens with one attached hydrogen (secondary N) is 1. The summed E-state index contributed by atoms with van der Waals surface area (Å²) in [4.78, 5) is 26.7. The van der Waals surface area contributed by atoms with E-state index in [0.29, 0.717) is 37.1 Å². The Bertz CT molecular complexity index is 933. The Labute approximate surface area is 159 Å². The molecular formula is C20H22N2O4S. The van der Waals surface area contributed by atoms with E-state index >= 15 is 0 Å². The highest BCUT2D eigenvalue weighted by molar-refractivity contribution is 7.90. The van der Waals surface area contributed by atoms with Gasteiger partial charge in [0.1, 0.15) is 0 Å². The molecule has 142 valence electrons. The van der Waals surface area contributed by atoms with E-state index in [1.807, 2.05) is 18.2 Å². The number of likely N-dealkylation sites (tertiary alicyclic amines) is 1. The Morgan fingerprint density at radius 1 is 0.963 bits per heavy atom. The van der Waals surface area contributed by atoms with Crippen LogP contribution >= 0.6 is 0 Å². The van der Waals surface area contributed by atoms with E-state index in [4.69, 9.17) is 0 Å². The van der Waals surface area contributed by atoms with Gasteiger partial charge in [-0.05, 0) is 43.2 Å². The third-order valence-corrected chi connectivity index (χ3v) is 5.77. The average molecular weight is 386 g/mol. The van der Waals surface area contributed by atoms with E-state index in [0.717, 1.165) is 6.26 Å². The molecule has 1 N–H and O–H groups in total. The fraction of sp³-hybridized carbons (Fsp3) is 0.300. The van der Waals surface area contributed by atoms with Crippen LogP contribution in [0.5, 0.6) is 0 Å². The van der Waals surface area contributed by atoms with Gasteiger partial charge in [0.05, 0.1) is 4.90 Å². The van der Waals surface area contributed by atoms with Crippen molar-refractivity contribution in [1.82, 2.24) is 10.2 Å². The van der Waals surface area contributed by atoms with Crippen molar-refractivity contribution in [2.24, 2.45) is 0 Å². The lowest BCUT2D eigenvalue weighted by atomic mass is 10.0. The van der Waals surface area contributed by atoms with Crippen LogP contribution in [0.25, 0.3) is 0 Å². The zero-order valence-corrected chi connectivity index (χ0v) is 15.9. The topological polar surface area (TPSA) is 83.6 Å². The lowest BCUT2D eigenvalue weighted by Gasteiger charge is -2.32. The van der Waals surface area contributed by atoms with E-state index < -0.39 is 9.84 Å². The van der Waals surface area contributed by atoms with Gasteiger partial charge in [0.25, 0.3) is 11.8 Å². The molecule has 2 aromatic rings. The van der Waals surface area contributed by atoms with Crippen molar-refractivity contribution in [3.63, 3.8) is 0 Å². The summed E-state index contributed by atoms with van der Waals surface area (Å²) in [7, 11) is -3.36. The molecule has 1 saturated heterocycles. The summed E-state index contributed by atoms with van der Waals surface area (Å²) in [5.74, 6) is -0.297. The van der Waals surface area contributed by atoms with Gasteiger partial charge in [-0.25, -0.2) is 8.42 Å². The minimum absolute atomic E-state index is 0.0177. The van der Waals surface area contributed by atoms with Crippen molar-refractivity contribution in [1.29, 1.82) is 0 Å². The van der Waals surface area contributed by atoms with Crippen LogP contribution in [0.3, 0.4) is 0 Å². The number of carbonyl (C=O) groups is 2. The summed E-state index contributed by atoms with van der Waals surface area (Å²) < 4.78 is 23.4. The maximum absolute atomic E-state index is 12.7. The minimum Gasteiger partial charge on any atom is -0.349 e. The van der Waals surface area contributed by atoms with Crippen molar-refractivity contribution < 1.29 is 18.0 Å². The quantitative estimate of drug-likeness (QED) is 0.872. The van der Waals surface area contributed by atoms with Gasteiger partial charge >= 0.3 is 0 Å². The SMILES string of the molecule is CS(=O)(=O)c1cccc(C(=O)N2CCC(NC(=O)c3ccccc3)CC2)c1. The molecular weight excluding hydrogens is 364 g/mol. The molecule has 1 fully saturated rings. The van der Waals surface area contributed by atoms with Crippen molar-refractivity contribution >= 4 is 21.7 Å². The Morgan fingerprint density at radius 2 is 1.59 bits per heavy atom. The maximum Gasteiger partial charge on any atom is 0.253 e. The molecule has 0 bridgehead atoms. The number of piperidine rings is 1. The van der Waals surface area contributed by atoms with Crippen molar-refractivity contribution in [3.05, 3.63) is 65.7 Å². The first kappa shape index (κ1) is 19.1. The largest absolute Gasteiger partial charge is 0.349 e. The molecule has 1 aliphatic heterocycles. The molecule has 0 atom stereocenters. The number of carbonyl (C=O) groups excluding carboxylic acids is 2. The van der Waals surface area contributed by atoms with Gasteiger partial charge in [-0.1, -0.05) is 24.3 Å². The van der Waals surface area contributed by atoms with Gasteiger partial charge in [0.2, 0.25) is 0 Å². The van der Waals surface area contributed by atoms with Crippen LogP contribution < -0.4 is 5.32 Å². The molecule has 6 nitrogen and oxygen atoms in total. The average Bonchev–Trinajstić information content (AvgIpc) is 2.68. The molecule has 1 heterocycles. The molecule has 0 aliphatic carbocycles. The molecule has 7 heteroatoms. The van der Waals surface area contributed by atoms with E-state index in [1.165, 1.54) is 12.1 Å². The van der Waals surface area contributed by atoms with Crippen LogP contribution in [0.15, 0.2) is 59.5 Å². The fourth-order valence-corrected chi connectivity index (χ4v) is 3.79. The number of sulfone groups is 1. The van der Waals surface area contributed by atoms with Crippen molar-refractivity contribution in [2.45, 2.75) is 23.8 Å². The monoisotopic (exact) mass is 386 g/mol. The molecule has 0 unspecified atom stereocenters. The first-order chi connectivity index (χ1) is 12.8. The van der Waals surface area contributed by atoms with Crippen LogP contribution in [0.1, 0.15) is 33.6 Å². The molecule has 3 rings (SSSR count). The molecule has 2 amide bonds. The van der Waals surface area contributed by atoms with E-state index in [1.54, 1.807) is 29.2 Å². The van der Waals surface area contributed by atoms with E-state index in [-0.39, 0.29) is 22.8 Å². The second-order valence-electron chi connectivity index (χ2n) is 6.71. The summed E-state index contributed by atoms with van der Waals surface area (Å²) in [6.45, 7) is 1.03. The zero-order valence-electron chi connectivity index (χ0n) is 15.1. The van der Waals surface area contributed by atoms with Gasteiger partial charge in [0.15, 0.2) is 9.84 Å². The summed E-state index contributed by atoms with van der Waals surface area (Å²) in [6.07, 6.45) is 2.45. The molecule has 1 aliphatic rings. The lowest BCUT2D eigenvalue weighted by Crippen LogP contribution is -2.46. The van der Waals surface area contributed by atoms with E-state index in [2.05, 4.69) is 5.32 Å². The highest BCUT2D eigenvalue weighted by Crippen LogP contribution is 2.17. The molecule has 2 aromatic carbocycles. The van der Waals surface area contributed by atoms with Gasteiger partial charge in [-0.2, -0.15) is 0 Å². The van der Waals surface area contributed by atoms with Gasteiger partial charge < -0.3 is 10.2 Å². The summed E-state index contributed by atoms with van der Waals surface area (Å²) in [5, 5.41) is 3.01. The summed E-state index contributed by atoms with van der Waals surface area (Å²) in [5.41, 5.74) is 0.985. The van der Waals surface area contributed by atoms with E-state index in [9.17, 15) is 18.0 Å². The molecule has 0 spiro atoms. The maximum atomic E-state index is 12.7. The van der Waals surface area contributed by atoms with Crippen molar-refractivity contribution in [2.75, 3.05) is 19.3 Å². The summed E-state index contributed by atoms with van der Waals surface area (Å²) in [6, 6.07) is 15.2. The normalized spacial score (nSPS) is 15.4. The predicted octanol–water partition coefficient (Wildman–Crippen LogP) is 2.12. The highest BCUT2D eigenvalue weighted by Gasteiger charge is 2.25. The number of benzene rings is 2. The first-order valence-corrected chi connectivity index (χ1v) is 10.7. The minimum atomic E-state index is -3.36. The van der Waals surface area contributed by atoms with Gasteiger partial charge in [0, 0.05) is 36.5 Å². The van der Waals surface area contributed by atoms with Crippen LogP contribution in [0.4, 0.5) is 0 Å². The number of nitrogens with zero attached hydrogens (tertiary/aromatic N) is 1. The fourth-order valence-electron chi connectivity index (χ4n) is 3.13. The zero-order chi connectivity index (χ0) is 19.4. The third kappa shape index (κ3) is 4.74. The van der Waals surface area contributed by atoms with Crippen molar-refractivity contribution in [3.8, 4) is 0 Å². The number of rotatable bonds is 4. The van der Waals surface area contributed by atoms with Gasteiger partial charge in [-0.15, -0.1) is 0 Å². The number of hydrogen-bond donors (Lipinski definition) is 1. The second-order valence-corrected chi connectivity index (χ2v) is 8.72. The Kier molecular flexibility index (Phi) is 5.60. The Hall–Kier alpha value is -2.67. The number of hydrogen-bond acceptors (Lipinski definition) is 4. The van der Waals surface area contributed by atoms with Crippen LogP contribution in [0.2, 0.25) is 0 Å². The summed E-state index contributed by atoms with van der Waals surface area (Å²) >= 11 is 0. The molecule has 0 aromatic heterocycles. The van der Waals surface area contributed by atoms with Crippen LogP contribution in [-0.4, -0.2) is 50.5 Å². The number of amides is 2.